The predicted octanol–water partition coefficient (Wildman–Crippen LogP) is 5.98. The van der Waals surface area contributed by atoms with E-state index in [1.165, 1.54) is 6.08 Å². The van der Waals surface area contributed by atoms with Gasteiger partial charge in [0, 0.05) is 18.2 Å². The Morgan fingerprint density at radius 2 is 1.86 bits per heavy atom. The molecule has 8 heteroatoms. The Bertz CT molecular complexity index is 1330. The molecule has 37 heavy (non-hydrogen) atoms. The fourth-order valence-electron chi connectivity index (χ4n) is 3.62. The van der Waals surface area contributed by atoms with Crippen molar-refractivity contribution in [3.05, 3.63) is 86.9 Å². The highest BCUT2D eigenvalue weighted by molar-refractivity contribution is 9.10. The summed E-state index contributed by atoms with van der Waals surface area (Å²) < 4.78 is 23.1. The van der Waals surface area contributed by atoms with Gasteiger partial charge < -0.3 is 24.3 Å². The third-order valence-corrected chi connectivity index (χ3v) is 6.00. The summed E-state index contributed by atoms with van der Waals surface area (Å²) in [5.41, 5.74) is 3.52. The van der Waals surface area contributed by atoms with Gasteiger partial charge in [-0.3, -0.25) is 4.79 Å². The summed E-state index contributed by atoms with van der Waals surface area (Å²) >= 11 is 3.55. The molecule has 0 unspecified atom stereocenters. The average Bonchev–Trinajstić information content (AvgIpc) is 2.90. The van der Waals surface area contributed by atoms with Gasteiger partial charge >= 0.3 is 0 Å². The van der Waals surface area contributed by atoms with Crippen LogP contribution in [0.5, 0.6) is 23.0 Å². The van der Waals surface area contributed by atoms with E-state index in [9.17, 15) is 10.1 Å². The SMILES string of the molecule is CCOc1cc(/C=C(\C#N)C(=O)NCc2ccc(OC)cc2OC)cc(Br)c1OCc1cccc(C)c1. The minimum absolute atomic E-state index is 0.0461. The highest BCUT2D eigenvalue weighted by atomic mass is 79.9. The minimum atomic E-state index is -0.505. The van der Waals surface area contributed by atoms with E-state index in [1.54, 1.807) is 44.6 Å². The third-order valence-electron chi connectivity index (χ3n) is 5.41. The first-order valence-electron chi connectivity index (χ1n) is 11.6. The van der Waals surface area contributed by atoms with Crippen LogP contribution in [0.4, 0.5) is 0 Å². The smallest absolute Gasteiger partial charge is 0.262 e. The highest BCUT2D eigenvalue weighted by Gasteiger charge is 2.15. The van der Waals surface area contributed by atoms with E-state index in [-0.39, 0.29) is 12.1 Å². The van der Waals surface area contributed by atoms with Crippen LogP contribution in [0.3, 0.4) is 0 Å². The number of aryl methyl sites for hydroxylation is 1. The van der Waals surface area contributed by atoms with Crippen molar-refractivity contribution >= 4 is 27.9 Å². The van der Waals surface area contributed by atoms with Crippen molar-refractivity contribution in [2.45, 2.75) is 27.0 Å². The van der Waals surface area contributed by atoms with Crippen LogP contribution in [0.15, 0.2) is 64.6 Å². The first kappa shape index (κ1) is 27.6. The number of amides is 1. The van der Waals surface area contributed by atoms with Crippen LogP contribution >= 0.6 is 15.9 Å². The number of carbonyl (C=O) groups is 1. The summed E-state index contributed by atoms with van der Waals surface area (Å²) in [6.45, 7) is 4.89. The van der Waals surface area contributed by atoms with Gasteiger partial charge in [0.15, 0.2) is 11.5 Å². The fraction of sp³-hybridized carbons (Fsp3) is 0.241. The van der Waals surface area contributed by atoms with Crippen LogP contribution in [0.2, 0.25) is 0 Å². The molecule has 7 nitrogen and oxygen atoms in total. The van der Waals surface area contributed by atoms with Crippen LogP contribution in [0.25, 0.3) is 6.08 Å². The fourth-order valence-corrected chi connectivity index (χ4v) is 4.19. The second-order valence-electron chi connectivity index (χ2n) is 8.07. The molecule has 0 aliphatic carbocycles. The molecule has 1 N–H and O–H groups in total. The molecule has 0 heterocycles. The topological polar surface area (TPSA) is 89.8 Å². The maximum atomic E-state index is 12.8. The van der Waals surface area contributed by atoms with E-state index >= 15 is 0 Å². The first-order valence-corrected chi connectivity index (χ1v) is 12.4. The van der Waals surface area contributed by atoms with E-state index in [0.29, 0.717) is 46.2 Å². The number of nitriles is 1. The Balaban J connectivity index is 1.79. The molecule has 0 radical (unpaired) electrons. The van der Waals surface area contributed by atoms with Gasteiger partial charge in [0.1, 0.15) is 29.7 Å². The quantitative estimate of drug-likeness (QED) is 0.228. The first-order chi connectivity index (χ1) is 17.9. The van der Waals surface area contributed by atoms with Gasteiger partial charge in [-0.25, -0.2) is 0 Å². The lowest BCUT2D eigenvalue weighted by atomic mass is 10.1. The number of nitrogens with one attached hydrogen (secondary N) is 1. The summed E-state index contributed by atoms with van der Waals surface area (Å²) in [5.74, 6) is 1.78. The Morgan fingerprint density at radius 3 is 2.54 bits per heavy atom. The van der Waals surface area contributed by atoms with Crippen molar-refractivity contribution in [3.8, 4) is 29.1 Å². The van der Waals surface area contributed by atoms with Gasteiger partial charge in [-0.05, 0) is 71.2 Å². The molecule has 0 aromatic heterocycles. The Kier molecular flexibility index (Phi) is 9.99. The van der Waals surface area contributed by atoms with E-state index in [4.69, 9.17) is 18.9 Å². The van der Waals surface area contributed by atoms with Gasteiger partial charge in [-0.1, -0.05) is 29.8 Å². The number of nitrogens with zero attached hydrogens (tertiary/aromatic N) is 1. The second kappa shape index (κ2) is 13.4. The van der Waals surface area contributed by atoms with Gasteiger partial charge in [0.2, 0.25) is 0 Å². The van der Waals surface area contributed by atoms with Crippen LogP contribution in [0, 0.1) is 18.3 Å². The molecule has 3 aromatic carbocycles. The molecule has 0 saturated heterocycles. The van der Waals surface area contributed by atoms with Crippen molar-refractivity contribution in [2.24, 2.45) is 0 Å². The minimum Gasteiger partial charge on any atom is -0.497 e. The van der Waals surface area contributed by atoms with Crippen LogP contribution in [-0.2, 0) is 17.9 Å². The molecule has 0 bridgehead atoms. The maximum absolute atomic E-state index is 12.8. The lowest BCUT2D eigenvalue weighted by Crippen LogP contribution is -2.24. The number of hydrogen-bond acceptors (Lipinski definition) is 6. The van der Waals surface area contributed by atoms with Crippen LogP contribution < -0.4 is 24.3 Å². The maximum Gasteiger partial charge on any atom is 0.262 e. The summed E-state index contributed by atoms with van der Waals surface area (Å²) in [7, 11) is 3.11. The monoisotopic (exact) mass is 564 g/mol. The third kappa shape index (κ3) is 7.51. The lowest BCUT2D eigenvalue weighted by Gasteiger charge is -2.15. The Hall–Kier alpha value is -3.96. The molecule has 192 valence electrons. The van der Waals surface area contributed by atoms with Gasteiger partial charge in [-0.2, -0.15) is 5.26 Å². The zero-order valence-corrected chi connectivity index (χ0v) is 22.8. The zero-order chi connectivity index (χ0) is 26.8. The molecule has 3 aromatic rings. The van der Waals surface area contributed by atoms with Gasteiger partial charge in [-0.15, -0.1) is 0 Å². The van der Waals surface area contributed by atoms with Crippen molar-refractivity contribution in [1.29, 1.82) is 5.26 Å². The van der Waals surface area contributed by atoms with Crippen molar-refractivity contribution in [2.75, 3.05) is 20.8 Å². The number of halogens is 1. The number of benzene rings is 3. The lowest BCUT2D eigenvalue weighted by molar-refractivity contribution is -0.117. The predicted molar refractivity (Wildman–Crippen MR) is 146 cm³/mol. The molecule has 0 fully saturated rings. The van der Waals surface area contributed by atoms with Gasteiger partial charge in [0.05, 0.1) is 25.3 Å². The molecule has 0 aliphatic heterocycles. The van der Waals surface area contributed by atoms with Crippen molar-refractivity contribution < 1.29 is 23.7 Å². The Labute approximate surface area is 225 Å². The standard InChI is InChI=1S/C29H29BrN2O5/c1-5-36-27-14-21(13-25(30)28(27)37-18-20-8-6-7-19(2)11-20)12-23(16-31)29(33)32-17-22-9-10-24(34-3)15-26(22)35-4/h6-15H,5,17-18H2,1-4H3,(H,32,33)/b23-12+. The largest absolute Gasteiger partial charge is 0.497 e. The van der Waals surface area contributed by atoms with Gasteiger partial charge in [0.25, 0.3) is 5.91 Å². The van der Waals surface area contributed by atoms with Crippen molar-refractivity contribution in [1.82, 2.24) is 5.32 Å². The number of hydrogen-bond donors (Lipinski definition) is 1. The highest BCUT2D eigenvalue weighted by Crippen LogP contribution is 2.38. The number of ether oxygens (including phenoxy) is 4. The molecular formula is C29H29BrN2O5. The summed E-state index contributed by atoms with van der Waals surface area (Å²) in [5, 5.41) is 12.4. The molecular weight excluding hydrogens is 536 g/mol. The molecule has 0 atom stereocenters. The average molecular weight is 565 g/mol. The van der Waals surface area contributed by atoms with E-state index in [0.717, 1.165) is 16.7 Å². The van der Waals surface area contributed by atoms with E-state index < -0.39 is 5.91 Å². The summed E-state index contributed by atoms with van der Waals surface area (Å²) in [4.78, 5) is 12.8. The number of rotatable bonds is 11. The van der Waals surface area contributed by atoms with E-state index in [2.05, 4.69) is 27.3 Å². The normalized spacial score (nSPS) is 10.9. The van der Waals surface area contributed by atoms with E-state index in [1.807, 2.05) is 38.1 Å². The van der Waals surface area contributed by atoms with Crippen LogP contribution in [0.1, 0.15) is 29.2 Å². The molecule has 0 saturated carbocycles. The number of methoxy groups -OCH3 is 2. The molecule has 3 rings (SSSR count). The summed E-state index contributed by atoms with van der Waals surface area (Å²) in [6.07, 6.45) is 1.51. The summed E-state index contributed by atoms with van der Waals surface area (Å²) in [6, 6.07) is 18.9. The zero-order valence-electron chi connectivity index (χ0n) is 21.3. The molecule has 0 aliphatic rings. The van der Waals surface area contributed by atoms with Crippen LogP contribution in [-0.4, -0.2) is 26.7 Å². The second-order valence-corrected chi connectivity index (χ2v) is 8.93. The Morgan fingerprint density at radius 1 is 1.05 bits per heavy atom. The molecule has 0 spiro atoms. The molecule has 1 amide bonds. The van der Waals surface area contributed by atoms with Crippen molar-refractivity contribution in [3.63, 3.8) is 0 Å². The number of carbonyl (C=O) groups excluding carboxylic acids is 1.